The lowest BCUT2D eigenvalue weighted by Crippen LogP contribution is -2.42. The minimum atomic E-state index is -0.959. The Hall–Kier alpha value is -4.16. The molecule has 2 aromatic rings. The van der Waals surface area contributed by atoms with Crippen LogP contribution in [0.2, 0.25) is 0 Å². The molecular formula is C24H32N6O7. The first-order valence-corrected chi connectivity index (χ1v) is 11.9. The van der Waals surface area contributed by atoms with Crippen molar-refractivity contribution < 1.29 is 28.7 Å². The SMILES string of the molecule is CCOC(=O)c1nc(NC[C@@H]2CCCN2C(=O)OC(C)(C)C)nc(Nc2ccccc2OC)c1[N+](=O)[O-]. The lowest BCUT2D eigenvalue weighted by Gasteiger charge is -2.28. The molecule has 1 fully saturated rings. The van der Waals surface area contributed by atoms with Crippen molar-refractivity contribution in [3.8, 4) is 5.75 Å². The summed E-state index contributed by atoms with van der Waals surface area (Å²) in [4.78, 5) is 46.5. The molecule has 3 rings (SSSR count). The highest BCUT2D eigenvalue weighted by Crippen LogP contribution is 2.34. The van der Waals surface area contributed by atoms with Crippen molar-refractivity contribution in [1.82, 2.24) is 14.9 Å². The maximum absolute atomic E-state index is 12.6. The van der Waals surface area contributed by atoms with Crippen LogP contribution in [0, 0.1) is 10.1 Å². The topological polar surface area (TPSA) is 158 Å². The molecule has 0 radical (unpaired) electrons. The number of para-hydroxylation sites is 2. The molecule has 1 aliphatic heterocycles. The van der Waals surface area contributed by atoms with Crippen molar-refractivity contribution in [2.75, 3.05) is 37.4 Å². The molecule has 37 heavy (non-hydrogen) atoms. The number of likely N-dealkylation sites (tertiary alicyclic amines) is 1. The third kappa shape index (κ3) is 6.96. The third-order valence-electron chi connectivity index (χ3n) is 5.40. The van der Waals surface area contributed by atoms with Gasteiger partial charge in [-0.25, -0.2) is 9.59 Å². The predicted octanol–water partition coefficient (Wildman–Crippen LogP) is 4.13. The highest BCUT2D eigenvalue weighted by atomic mass is 16.6. The Labute approximate surface area is 214 Å². The number of rotatable bonds is 9. The number of aromatic nitrogens is 2. The van der Waals surface area contributed by atoms with Crippen LogP contribution in [-0.4, -0.2) is 70.3 Å². The van der Waals surface area contributed by atoms with E-state index in [4.69, 9.17) is 14.2 Å². The van der Waals surface area contributed by atoms with Crippen LogP contribution in [0.3, 0.4) is 0 Å². The summed E-state index contributed by atoms with van der Waals surface area (Å²) in [5, 5.41) is 17.9. The molecular weight excluding hydrogens is 484 g/mol. The smallest absolute Gasteiger partial charge is 0.410 e. The summed E-state index contributed by atoms with van der Waals surface area (Å²) in [6, 6.07) is 6.57. The zero-order chi connectivity index (χ0) is 27.2. The summed E-state index contributed by atoms with van der Waals surface area (Å²) >= 11 is 0. The Morgan fingerprint density at radius 3 is 2.62 bits per heavy atom. The van der Waals surface area contributed by atoms with Gasteiger partial charge in [0.05, 0.1) is 30.4 Å². The Balaban J connectivity index is 1.93. The predicted molar refractivity (Wildman–Crippen MR) is 135 cm³/mol. The molecule has 13 heteroatoms. The van der Waals surface area contributed by atoms with E-state index in [1.54, 1.807) is 56.9 Å². The average molecular weight is 517 g/mol. The fraction of sp³-hybridized carbons (Fsp3) is 0.500. The molecule has 0 aliphatic carbocycles. The fourth-order valence-electron chi connectivity index (χ4n) is 3.83. The van der Waals surface area contributed by atoms with Gasteiger partial charge in [-0.1, -0.05) is 12.1 Å². The number of benzene rings is 1. The van der Waals surface area contributed by atoms with Crippen molar-refractivity contribution >= 4 is 35.2 Å². The van der Waals surface area contributed by atoms with Gasteiger partial charge in [0.1, 0.15) is 11.4 Å². The number of hydrogen-bond donors (Lipinski definition) is 2. The zero-order valence-corrected chi connectivity index (χ0v) is 21.6. The molecule has 2 heterocycles. The minimum Gasteiger partial charge on any atom is -0.495 e. The molecule has 0 bridgehead atoms. The van der Waals surface area contributed by atoms with Gasteiger partial charge in [0.25, 0.3) is 0 Å². The van der Waals surface area contributed by atoms with Gasteiger partial charge in [-0.15, -0.1) is 0 Å². The third-order valence-corrected chi connectivity index (χ3v) is 5.40. The molecule has 0 unspecified atom stereocenters. The van der Waals surface area contributed by atoms with Crippen LogP contribution in [0.25, 0.3) is 0 Å². The molecule has 1 aliphatic rings. The number of nitro groups is 1. The second-order valence-electron chi connectivity index (χ2n) is 9.25. The quantitative estimate of drug-likeness (QED) is 0.280. The number of esters is 1. The summed E-state index contributed by atoms with van der Waals surface area (Å²) in [6.07, 6.45) is 1.09. The Morgan fingerprint density at radius 1 is 1.24 bits per heavy atom. The number of nitrogens with zero attached hydrogens (tertiary/aromatic N) is 4. The molecule has 0 saturated carbocycles. The maximum Gasteiger partial charge on any atom is 0.410 e. The van der Waals surface area contributed by atoms with Gasteiger partial charge in [-0.3, -0.25) is 10.1 Å². The van der Waals surface area contributed by atoms with E-state index in [1.165, 1.54) is 7.11 Å². The number of nitrogens with one attached hydrogen (secondary N) is 2. The van der Waals surface area contributed by atoms with E-state index in [0.29, 0.717) is 18.0 Å². The minimum absolute atomic E-state index is 0.00491. The van der Waals surface area contributed by atoms with Crippen LogP contribution in [-0.2, 0) is 9.47 Å². The second kappa shape index (κ2) is 11.7. The summed E-state index contributed by atoms with van der Waals surface area (Å²) in [5.41, 5.74) is -1.37. The van der Waals surface area contributed by atoms with E-state index in [-0.39, 0.29) is 31.0 Å². The highest BCUT2D eigenvalue weighted by molar-refractivity contribution is 5.95. The van der Waals surface area contributed by atoms with E-state index >= 15 is 0 Å². The van der Waals surface area contributed by atoms with Crippen LogP contribution in [0.4, 0.5) is 27.9 Å². The number of ether oxygens (including phenoxy) is 3. The number of anilines is 3. The van der Waals surface area contributed by atoms with Gasteiger partial charge in [0, 0.05) is 13.1 Å². The molecule has 200 valence electrons. The van der Waals surface area contributed by atoms with E-state index < -0.39 is 34.0 Å². The number of amides is 1. The number of carbonyl (C=O) groups is 2. The number of carbonyl (C=O) groups excluding carboxylic acids is 2. The van der Waals surface area contributed by atoms with Gasteiger partial charge < -0.3 is 29.7 Å². The average Bonchev–Trinajstić information content (AvgIpc) is 3.30. The van der Waals surface area contributed by atoms with Crippen molar-refractivity contribution in [2.24, 2.45) is 0 Å². The largest absolute Gasteiger partial charge is 0.495 e. The van der Waals surface area contributed by atoms with Gasteiger partial charge in [-0.2, -0.15) is 9.97 Å². The first kappa shape index (κ1) is 27.4. The van der Waals surface area contributed by atoms with Gasteiger partial charge in [-0.05, 0) is 52.7 Å². The molecule has 1 amide bonds. The molecule has 1 atom stereocenters. The Bertz CT molecular complexity index is 1150. The Morgan fingerprint density at radius 2 is 1.97 bits per heavy atom. The molecule has 0 spiro atoms. The van der Waals surface area contributed by atoms with Gasteiger partial charge >= 0.3 is 17.7 Å². The second-order valence-corrected chi connectivity index (χ2v) is 9.25. The Kier molecular flexibility index (Phi) is 8.69. The summed E-state index contributed by atoms with van der Waals surface area (Å²) in [7, 11) is 1.46. The standard InChI is InChI=1S/C24H32N6O7/c1-6-36-21(31)18-19(30(33)34)20(26-16-11-7-8-12-17(16)35-5)28-22(27-18)25-14-15-10-9-13-29(15)23(32)37-24(2,3)4/h7-8,11-12,15H,6,9-10,13-14H2,1-5H3,(H2,25,26,27,28)/t15-/m0/s1. The molecule has 2 N–H and O–H groups in total. The monoisotopic (exact) mass is 516 g/mol. The first-order chi connectivity index (χ1) is 17.5. The number of hydrogen-bond acceptors (Lipinski definition) is 11. The summed E-state index contributed by atoms with van der Waals surface area (Å²) < 4.78 is 15.8. The van der Waals surface area contributed by atoms with Gasteiger partial charge in [0.15, 0.2) is 0 Å². The van der Waals surface area contributed by atoms with Crippen LogP contribution in [0.5, 0.6) is 5.75 Å². The van der Waals surface area contributed by atoms with E-state index in [1.807, 2.05) is 0 Å². The number of methoxy groups -OCH3 is 1. The first-order valence-electron chi connectivity index (χ1n) is 11.9. The van der Waals surface area contributed by atoms with Crippen molar-refractivity contribution in [2.45, 2.75) is 52.2 Å². The normalized spacial score (nSPS) is 15.2. The lowest BCUT2D eigenvalue weighted by atomic mass is 10.2. The zero-order valence-electron chi connectivity index (χ0n) is 21.6. The fourth-order valence-corrected chi connectivity index (χ4v) is 3.83. The molecule has 1 aromatic heterocycles. The lowest BCUT2D eigenvalue weighted by molar-refractivity contribution is -0.384. The van der Waals surface area contributed by atoms with E-state index in [0.717, 1.165) is 12.8 Å². The van der Waals surface area contributed by atoms with Crippen LogP contribution < -0.4 is 15.4 Å². The summed E-state index contributed by atoms with van der Waals surface area (Å²) in [5.74, 6) is -0.798. The molecule has 1 saturated heterocycles. The van der Waals surface area contributed by atoms with Crippen molar-refractivity contribution in [3.63, 3.8) is 0 Å². The van der Waals surface area contributed by atoms with Crippen LogP contribution >= 0.6 is 0 Å². The summed E-state index contributed by atoms with van der Waals surface area (Å²) in [6.45, 7) is 7.77. The van der Waals surface area contributed by atoms with Crippen molar-refractivity contribution in [1.29, 1.82) is 0 Å². The van der Waals surface area contributed by atoms with Crippen LogP contribution in [0.15, 0.2) is 24.3 Å². The van der Waals surface area contributed by atoms with Crippen LogP contribution in [0.1, 0.15) is 51.0 Å². The highest BCUT2D eigenvalue weighted by Gasteiger charge is 2.34. The van der Waals surface area contributed by atoms with Crippen molar-refractivity contribution in [3.05, 3.63) is 40.1 Å². The van der Waals surface area contributed by atoms with Gasteiger partial charge in [0.2, 0.25) is 17.5 Å². The maximum atomic E-state index is 12.6. The van der Waals surface area contributed by atoms with E-state index in [9.17, 15) is 19.7 Å². The van der Waals surface area contributed by atoms with E-state index in [2.05, 4.69) is 20.6 Å². The molecule has 13 nitrogen and oxygen atoms in total. The molecule has 1 aromatic carbocycles.